The average molecular weight is 761 g/mol. The number of rotatable bonds is 2. The van der Waals surface area contributed by atoms with E-state index in [4.69, 9.17) is 0 Å². The summed E-state index contributed by atoms with van der Waals surface area (Å²) >= 11 is 3.53. The van der Waals surface area contributed by atoms with Crippen LogP contribution in [0, 0.1) is 45.3 Å². The molecule has 2 spiro atoms. The van der Waals surface area contributed by atoms with Gasteiger partial charge in [0.25, 0.3) is 0 Å². The molecule has 0 atom stereocenters. The first-order valence-electron chi connectivity index (χ1n) is 19.2. The molecule has 0 amide bonds. The predicted molar refractivity (Wildman–Crippen MR) is 218 cm³/mol. The van der Waals surface area contributed by atoms with E-state index in [2.05, 4.69) is 24.3 Å². The van der Waals surface area contributed by atoms with Crippen LogP contribution in [0.15, 0.2) is 88.5 Å². The van der Waals surface area contributed by atoms with Crippen molar-refractivity contribution in [2.75, 3.05) is 0 Å². The van der Waals surface area contributed by atoms with Crippen molar-refractivity contribution in [1.29, 1.82) is 21.0 Å². The van der Waals surface area contributed by atoms with E-state index in [9.17, 15) is 30.6 Å². The van der Waals surface area contributed by atoms with Gasteiger partial charge in [0, 0.05) is 63.8 Å². The second kappa shape index (κ2) is 12.7. The first kappa shape index (κ1) is 34.3. The number of hydrogen-bond donors (Lipinski definition) is 0. The minimum Gasteiger partial charge on any atom is -0.289 e. The van der Waals surface area contributed by atoms with Crippen LogP contribution in [0.25, 0.3) is 33.1 Å². The summed E-state index contributed by atoms with van der Waals surface area (Å²) in [5.41, 5.74) is 8.76. The molecule has 56 heavy (non-hydrogen) atoms. The number of fused-ring (bicyclic) bond motifs is 10. The third kappa shape index (κ3) is 4.55. The van der Waals surface area contributed by atoms with Gasteiger partial charge in [-0.3, -0.25) is 9.59 Å². The van der Waals surface area contributed by atoms with E-state index in [0.717, 1.165) is 68.2 Å². The maximum Gasteiger partial charge on any atom is 0.194 e. The third-order valence-electron chi connectivity index (χ3n) is 13.1. The summed E-state index contributed by atoms with van der Waals surface area (Å²) in [7, 11) is 0. The second-order valence-electron chi connectivity index (χ2n) is 15.6. The number of thiophene rings is 2. The van der Waals surface area contributed by atoms with Gasteiger partial charge in [-0.05, 0) is 83.4 Å². The lowest BCUT2D eigenvalue weighted by Gasteiger charge is -2.42. The van der Waals surface area contributed by atoms with Crippen LogP contribution in [0.4, 0.5) is 0 Å². The molecule has 6 aliphatic rings. The monoisotopic (exact) mass is 760 g/mol. The molecular formula is C48H32N4O2S2. The molecule has 2 fully saturated rings. The maximum absolute atomic E-state index is 14.1. The minimum absolute atomic E-state index is 0.0415. The predicted octanol–water partition coefficient (Wildman–Crippen LogP) is 11.3. The lowest BCUT2D eigenvalue weighted by Crippen LogP contribution is -2.35. The first-order valence-corrected chi connectivity index (χ1v) is 20.9. The number of carbonyl (C=O) groups is 2. The Morgan fingerprint density at radius 1 is 0.589 bits per heavy atom. The van der Waals surface area contributed by atoms with Crippen LogP contribution in [0.5, 0.6) is 0 Å². The van der Waals surface area contributed by atoms with Crippen LogP contribution in [0.1, 0.15) is 122 Å². The average Bonchev–Trinajstić information content (AvgIpc) is 4.05. The highest BCUT2D eigenvalue weighted by atomic mass is 32.1. The van der Waals surface area contributed by atoms with Gasteiger partial charge in [-0.2, -0.15) is 21.0 Å². The lowest BCUT2D eigenvalue weighted by atomic mass is 9.61. The third-order valence-corrected chi connectivity index (χ3v) is 15.4. The van der Waals surface area contributed by atoms with E-state index < -0.39 is 0 Å². The summed E-state index contributed by atoms with van der Waals surface area (Å²) in [4.78, 5) is 32.7. The topological polar surface area (TPSA) is 129 Å². The molecule has 0 aliphatic heterocycles. The Labute approximate surface area is 333 Å². The van der Waals surface area contributed by atoms with Crippen molar-refractivity contribution in [1.82, 2.24) is 0 Å². The summed E-state index contributed by atoms with van der Waals surface area (Å²) in [5, 5.41) is 39.9. The molecular weight excluding hydrogens is 729 g/mol. The van der Waals surface area contributed by atoms with Gasteiger partial charge in [0.15, 0.2) is 11.6 Å². The van der Waals surface area contributed by atoms with Crippen molar-refractivity contribution < 1.29 is 9.59 Å². The van der Waals surface area contributed by atoms with Gasteiger partial charge in [0.2, 0.25) is 0 Å². The number of nitriles is 4. The standard InChI is InChI=1S/C48H32N4O2S2/c49-23-27(24-50)39-31-11-3-5-13-33(31)43(53)35(39)19-29-20-38-41(47(29)15-7-1-8-16-47)42-46(56-38)45-37(48(42)17-9-2-10-18-48)22-30(55-45)21-36-40(28(25-51)26-52)32-12-4-6-14-34(32)44(36)54/h3-6,11-14,19-22H,1-2,7-10,15-18H2/b35-19-,36-21-. The van der Waals surface area contributed by atoms with Crippen LogP contribution >= 0.6 is 22.7 Å². The van der Waals surface area contributed by atoms with Crippen LogP contribution in [-0.4, -0.2) is 11.6 Å². The number of allylic oxidation sites excluding steroid dienone is 8. The molecule has 0 radical (unpaired) electrons. The van der Waals surface area contributed by atoms with E-state index >= 15 is 0 Å². The fourth-order valence-corrected chi connectivity index (χ4v) is 13.6. The molecule has 268 valence electrons. The summed E-state index contributed by atoms with van der Waals surface area (Å²) in [6, 6.07) is 25.0. The molecule has 2 aromatic heterocycles. The number of carbonyl (C=O) groups excluding carboxylic acids is 2. The Morgan fingerprint density at radius 3 is 1.62 bits per heavy atom. The van der Waals surface area contributed by atoms with Crippen molar-refractivity contribution in [3.8, 4) is 34.0 Å². The normalized spacial score (nSPS) is 20.5. The number of hydrogen-bond acceptors (Lipinski definition) is 8. The van der Waals surface area contributed by atoms with Crippen LogP contribution in [0.3, 0.4) is 0 Å². The van der Waals surface area contributed by atoms with E-state index in [0.29, 0.717) is 44.5 Å². The van der Waals surface area contributed by atoms with Gasteiger partial charge in [-0.15, -0.1) is 22.7 Å². The SMILES string of the molecule is N#CC(C#N)=C1/C(=C/C2=Cc3sc4c(c3C23CCCCC3)C2(CCCCC2)c2cc(/C=C3\C(=O)c5ccccc5C3=C(C#N)C#N)sc2-4)C(=O)c2ccccc21. The number of ketones is 2. The Morgan fingerprint density at radius 2 is 1.09 bits per heavy atom. The number of Topliss-reactive ketones (excluding diaryl/α,β-unsaturated/α-hetero) is 2. The zero-order valence-corrected chi connectivity index (χ0v) is 32.1. The van der Waals surface area contributed by atoms with E-state index in [1.54, 1.807) is 23.5 Å². The smallest absolute Gasteiger partial charge is 0.194 e. The number of benzene rings is 2. The highest BCUT2D eigenvalue weighted by Gasteiger charge is 2.54. The molecule has 6 aliphatic carbocycles. The van der Waals surface area contributed by atoms with Crippen LogP contribution < -0.4 is 0 Å². The van der Waals surface area contributed by atoms with E-state index in [-0.39, 0.29) is 33.5 Å². The quantitative estimate of drug-likeness (QED) is 0.148. The van der Waals surface area contributed by atoms with Crippen molar-refractivity contribution in [2.45, 2.75) is 75.0 Å². The summed E-state index contributed by atoms with van der Waals surface area (Å²) in [6.07, 6.45) is 17.0. The molecule has 2 heterocycles. The zero-order valence-electron chi connectivity index (χ0n) is 30.4. The molecule has 4 aromatic rings. The molecule has 0 bridgehead atoms. The maximum atomic E-state index is 14.1. The molecule has 0 N–H and O–H groups in total. The molecule has 6 nitrogen and oxygen atoms in total. The van der Waals surface area contributed by atoms with Gasteiger partial charge >= 0.3 is 0 Å². The molecule has 0 unspecified atom stereocenters. The number of nitrogens with zero attached hydrogens (tertiary/aromatic N) is 4. The van der Waals surface area contributed by atoms with E-state index in [1.165, 1.54) is 37.7 Å². The Bertz CT molecular complexity index is 2810. The molecule has 0 saturated heterocycles. The van der Waals surface area contributed by atoms with Crippen LogP contribution in [-0.2, 0) is 10.8 Å². The minimum atomic E-state index is -0.277. The Kier molecular flexibility index (Phi) is 7.78. The fourth-order valence-electron chi connectivity index (χ4n) is 10.7. The zero-order chi connectivity index (χ0) is 38.3. The van der Waals surface area contributed by atoms with Gasteiger partial charge in [-0.1, -0.05) is 87.1 Å². The Balaban J connectivity index is 1.15. The van der Waals surface area contributed by atoms with Crippen molar-refractivity contribution in [2.24, 2.45) is 0 Å². The molecule has 8 heteroatoms. The van der Waals surface area contributed by atoms with Gasteiger partial charge in [-0.25, -0.2) is 0 Å². The largest absolute Gasteiger partial charge is 0.289 e. The lowest BCUT2D eigenvalue weighted by molar-refractivity contribution is 0.103. The summed E-state index contributed by atoms with van der Waals surface area (Å²) in [6.45, 7) is 0. The van der Waals surface area contributed by atoms with Crippen molar-refractivity contribution >= 4 is 57.5 Å². The van der Waals surface area contributed by atoms with E-state index in [1.807, 2.05) is 72.0 Å². The van der Waals surface area contributed by atoms with Gasteiger partial charge < -0.3 is 0 Å². The highest BCUT2D eigenvalue weighted by Crippen LogP contribution is 2.67. The first-order chi connectivity index (χ1) is 27.4. The van der Waals surface area contributed by atoms with Crippen molar-refractivity contribution in [3.63, 3.8) is 0 Å². The molecule has 2 aromatic carbocycles. The summed E-state index contributed by atoms with van der Waals surface area (Å²) in [5.74, 6) is -0.308. The second-order valence-corrected chi connectivity index (χ2v) is 17.8. The summed E-state index contributed by atoms with van der Waals surface area (Å²) < 4.78 is 0. The molecule has 2 saturated carbocycles. The van der Waals surface area contributed by atoms with Crippen LogP contribution in [0.2, 0.25) is 0 Å². The van der Waals surface area contributed by atoms with Gasteiger partial charge in [0.1, 0.15) is 35.4 Å². The fraction of sp³-hybridized carbons (Fsp3) is 0.250. The molecule has 10 rings (SSSR count). The van der Waals surface area contributed by atoms with Crippen molar-refractivity contribution in [3.05, 3.63) is 137 Å². The Hall–Kier alpha value is -6.16. The highest BCUT2D eigenvalue weighted by molar-refractivity contribution is 7.23. The van der Waals surface area contributed by atoms with Gasteiger partial charge in [0.05, 0.1) is 0 Å².